The third kappa shape index (κ3) is 4.91. The number of ether oxygens (including phenoxy) is 2. The van der Waals surface area contributed by atoms with Gasteiger partial charge in [-0.2, -0.15) is 0 Å². The van der Waals surface area contributed by atoms with Crippen LogP contribution in [0.3, 0.4) is 0 Å². The second-order valence-corrected chi connectivity index (χ2v) is 7.47. The number of hydrogen-bond acceptors (Lipinski definition) is 4. The van der Waals surface area contributed by atoms with Crippen LogP contribution in [0.1, 0.15) is 19.3 Å². The Morgan fingerprint density at radius 1 is 0.885 bits per heavy atom. The summed E-state index contributed by atoms with van der Waals surface area (Å²) in [6.45, 7) is 4.19. The van der Waals surface area contributed by atoms with Gasteiger partial charge in [-0.3, -0.25) is 4.90 Å². The maximum absolute atomic E-state index is 5.97. The average Bonchev–Trinajstić information content (AvgIpc) is 3.06. The minimum Gasteiger partial charge on any atom is -0.492 e. The number of rotatable bonds is 6. The summed E-state index contributed by atoms with van der Waals surface area (Å²) < 4.78 is 13.1. The normalized spacial score (nSPS) is 14.8. The lowest BCUT2D eigenvalue weighted by molar-refractivity contribution is 0.183. The highest BCUT2D eigenvalue weighted by Gasteiger charge is 2.09. The van der Waals surface area contributed by atoms with Crippen LogP contribution >= 0.6 is 23.7 Å². The van der Waals surface area contributed by atoms with E-state index in [9.17, 15) is 0 Å². The Morgan fingerprint density at radius 2 is 1.62 bits per heavy atom. The molecule has 1 saturated heterocycles. The van der Waals surface area contributed by atoms with E-state index in [-0.39, 0.29) is 12.4 Å². The molecular weight excluding hydrogens is 366 g/mol. The van der Waals surface area contributed by atoms with Gasteiger partial charge >= 0.3 is 0 Å². The van der Waals surface area contributed by atoms with Crippen LogP contribution in [0.15, 0.2) is 54.6 Å². The highest BCUT2D eigenvalue weighted by Crippen LogP contribution is 2.34. The van der Waals surface area contributed by atoms with Gasteiger partial charge in [-0.1, -0.05) is 36.0 Å². The molecule has 2 aromatic carbocycles. The van der Waals surface area contributed by atoms with Gasteiger partial charge in [-0.25, -0.2) is 0 Å². The van der Waals surface area contributed by atoms with Gasteiger partial charge in [-0.15, -0.1) is 12.4 Å². The fourth-order valence-corrected chi connectivity index (χ4v) is 4.14. The number of halogens is 1. The summed E-state index contributed by atoms with van der Waals surface area (Å²) >= 11 is 1.67. The molecular formula is C21H24ClNO2S. The van der Waals surface area contributed by atoms with Crippen molar-refractivity contribution in [3.63, 3.8) is 0 Å². The highest BCUT2D eigenvalue weighted by molar-refractivity contribution is 7.20. The summed E-state index contributed by atoms with van der Waals surface area (Å²) in [6.07, 6.45) is 4.02. The van der Waals surface area contributed by atoms with E-state index in [1.165, 1.54) is 42.4 Å². The van der Waals surface area contributed by atoms with Gasteiger partial charge in [0.25, 0.3) is 0 Å². The first-order valence-corrected chi connectivity index (χ1v) is 9.80. The Hall–Kier alpha value is -1.75. The summed E-state index contributed by atoms with van der Waals surface area (Å²) in [7, 11) is 0. The predicted molar refractivity (Wildman–Crippen MR) is 111 cm³/mol. The van der Waals surface area contributed by atoms with Crippen LogP contribution in [0.5, 0.6) is 16.6 Å². The molecule has 0 atom stereocenters. The molecule has 0 saturated carbocycles. The van der Waals surface area contributed by atoms with E-state index in [0.29, 0.717) is 0 Å². The Kier molecular flexibility index (Phi) is 6.78. The number of hydrogen-bond donors (Lipinski definition) is 0. The molecule has 4 rings (SSSR count). The molecule has 0 aliphatic carbocycles. The summed E-state index contributed by atoms with van der Waals surface area (Å²) in [5, 5.41) is 2.14. The van der Waals surface area contributed by atoms with Crippen molar-refractivity contribution in [2.45, 2.75) is 19.3 Å². The van der Waals surface area contributed by atoms with Gasteiger partial charge in [-0.05, 0) is 61.6 Å². The minimum absolute atomic E-state index is 0. The summed E-state index contributed by atoms with van der Waals surface area (Å²) in [5.74, 6) is 1.75. The van der Waals surface area contributed by atoms with Gasteiger partial charge < -0.3 is 9.47 Å². The van der Waals surface area contributed by atoms with E-state index in [1.54, 1.807) is 11.3 Å². The zero-order chi connectivity index (χ0) is 16.9. The lowest BCUT2D eigenvalue weighted by atomic mass is 10.1. The van der Waals surface area contributed by atoms with Crippen molar-refractivity contribution in [3.05, 3.63) is 54.6 Å². The van der Waals surface area contributed by atoms with Crippen LogP contribution < -0.4 is 9.47 Å². The van der Waals surface area contributed by atoms with E-state index in [4.69, 9.17) is 9.47 Å². The van der Waals surface area contributed by atoms with E-state index >= 15 is 0 Å². The minimum atomic E-state index is 0. The Morgan fingerprint density at radius 3 is 2.38 bits per heavy atom. The predicted octanol–water partition coefficient (Wildman–Crippen LogP) is 5.98. The van der Waals surface area contributed by atoms with E-state index in [0.717, 1.165) is 29.7 Å². The molecule has 0 spiro atoms. The molecule has 1 fully saturated rings. The molecule has 0 bridgehead atoms. The highest BCUT2D eigenvalue weighted by atomic mass is 35.5. The van der Waals surface area contributed by atoms with Gasteiger partial charge in [0.2, 0.25) is 0 Å². The molecule has 2 heterocycles. The first kappa shape index (κ1) is 19.0. The second-order valence-electron chi connectivity index (χ2n) is 6.43. The lowest BCUT2D eigenvalue weighted by Gasteiger charge is -2.26. The van der Waals surface area contributed by atoms with Gasteiger partial charge in [0.1, 0.15) is 18.1 Å². The fourth-order valence-electron chi connectivity index (χ4n) is 3.20. The summed E-state index contributed by atoms with van der Waals surface area (Å²) in [4.78, 5) is 2.49. The zero-order valence-corrected chi connectivity index (χ0v) is 16.4. The number of benzene rings is 2. The van der Waals surface area contributed by atoms with Crippen LogP contribution in [-0.2, 0) is 0 Å². The Bertz CT molecular complexity index is 779. The van der Waals surface area contributed by atoms with Crippen LogP contribution in [0, 0.1) is 0 Å². The zero-order valence-electron chi connectivity index (χ0n) is 14.7. The topological polar surface area (TPSA) is 21.7 Å². The van der Waals surface area contributed by atoms with E-state index in [2.05, 4.69) is 35.2 Å². The molecule has 3 nitrogen and oxygen atoms in total. The first-order valence-electron chi connectivity index (χ1n) is 8.98. The Labute approximate surface area is 164 Å². The van der Waals surface area contributed by atoms with Gasteiger partial charge in [0.15, 0.2) is 5.06 Å². The maximum atomic E-state index is 5.97. The molecule has 138 valence electrons. The van der Waals surface area contributed by atoms with Crippen molar-refractivity contribution in [3.8, 4) is 16.6 Å². The van der Waals surface area contributed by atoms with Gasteiger partial charge in [0.05, 0.1) is 0 Å². The van der Waals surface area contributed by atoms with Gasteiger partial charge in [0, 0.05) is 17.3 Å². The van der Waals surface area contributed by atoms with E-state index < -0.39 is 0 Å². The maximum Gasteiger partial charge on any atom is 0.182 e. The number of nitrogens with zero attached hydrogens (tertiary/aromatic N) is 1. The first-order chi connectivity index (χ1) is 12.4. The SMILES string of the molecule is Cl.c1ccc2sc(Oc3ccc(OCCN4CCCCC4)cc3)cc2c1. The third-order valence-electron chi connectivity index (χ3n) is 4.57. The quantitative estimate of drug-likeness (QED) is 0.517. The number of thiophene rings is 1. The molecule has 0 amide bonds. The lowest BCUT2D eigenvalue weighted by Crippen LogP contribution is -2.33. The molecule has 1 aliphatic heterocycles. The van der Waals surface area contributed by atoms with Crippen LogP contribution in [0.25, 0.3) is 10.1 Å². The molecule has 5 heteroatoms. The largest absolute Gasteiger partial charge is 0.492 e. The smallest absolute Gasteiger partial charge is 0.182 e. The van der Waals surface area contributed by atoms with Crippen molar-refractivity contribution < 1.29 is 9.47 Å². The molecule has 1 aliphatic rings. The molecule has 0 N–H and O–H groups in total. The van der Waals surface area contributed by atoms with Crippen LogP contribution in [0.2, 0.25) is 0 Å². The van der Waals surface area contributed by atoms with Crippen LogP contribution in [0.4, 0.5) is 0 Å². The van der Waals surface area contributed by atoms with E-state index in [1.807, 2.05) is 24.3 Å². The van der Waals surface area contributed by atoms with Crippen molar-refractivity contribution in [1.82, 2.24) is 4.90 Å². The molecule has 3 aromatic rings. The summed E-state index contributed by atoms with van der Waals surface area (Å²) in [6, 6.07) is 18.3. The molecule has 0 radical (unpaired) electrons. The fraction of sp³-hybridized carbons (Fsp3) is 0.333. The second kappa shape index (κ2) is 9.26. The van der Waals surface area contributed by atoms with Crippen molar-refractivity contribution >= 4 is 33.8 Å². The number of piperidine rings is 1. The van der Waals surface area contributed by atoms with Crippen molar-refractivity contribution in [2.75, 3.05) is 26.2 Å². The monoisotopic (exact) mass is 389 g/mol. The number of fused-ring (bicyclic) bond motifs is 1. The average molecular weight is 390 g/mol. The van der Waals surface area contributed by atoms with Crippen LogP contribution in [-0.4, -0.2) is 31.1 Å². The third-order valence-corrected chi connectivity index (χ3v) is 5.56. The van der Waals surface area contributed by atoms with Crippen molar-refractivity contribution in [1.29, 1.82) is 0 Å². The molecule has 26 heavy (non-hydrogen) atoms. The molecule has 1 aromatic heterocycles. The molecule has 0 unspecified atom stereocenters. The summed E-state index contributed by atoms with van der Waals surface area (Å²) in [5.41, 5.74) is 0. The Balaban J connectivity index is 0.00000196. The standard InChI is InChI=1S/C21H23NO2S.ClH/c1-4-12-22(13-5-1)14-15-23-18-8-10-19(11-9-18)24-21-16-17-6-2-3-7-20(17)25-21;/h2-3,6-11,16H,1,4-5,12-15H2;1H. The van der Waals surface area contributed by atoms with Crippen molar-refractivity contribution in [2.24, 2.45) is 0 Å². The number of likely N-dealkylation sites (tertiary alicyclic amines) is 1.